The zero-order valence-corrected chi connectivity index (χ0v) is 15.5. The molecular weight excluding hydrogens is 338 g/mol. The highest BCUT2D eigenvalue weighted by Gasteiger charge is 2.37. The number of fused-ring (bicyclic) bond motifs is 2. The Labute approximate surface area is 168 Å². The second kappa shape index (κ2) is 6.64. The Balaban J connectivity index is 1.76. The van der Waals surface area contributed by atoms with E-state index >= 15 is 0 Å². The molecule has 1 aromatic carbocycles. The van der Waals surface area contributed by atoms with E-state index in [2.05, 4.69) is 0 Å². The number of benzene rings is 1. The summed E-state index contributed by atoms with van der Waals surface area (Å²) in [5.74, 6) is -1.24. The van der Waals surface area contributed by atoms with Crippen LogP contribution in [0.25, 0.3) is 16.5 Å². The number of carbonyl (C=O) groups is 2. The maximum absolute atomic E-state index is 13.4. The summed E-state index contributed by atoms with van der Waals surface area (Å²) in [6, 6.07) is 5.75. The minimum Gasteiger partial charge on any atom is -0.343 e. The molecule has 2 aliphatic rings. The van der Waals surface area contributed by atoms with Crippen LogP contribution in [0.2, 0.25) is 0 Å². The molecule has 1 amide bonds. The van der Waals surface area contributed by atoms with Crippen LogP contribution in [0.1, 0.15) is 44.8 Å². The van der Waals surface area contributed by atoms with Crippen LogP contribution in [0.5, 0.6) is 0 Å². The highest BCUT2D eigenvalue weighted by molar-refractivity contribution is 6.03. The van der Waals surface area contributed by atoms with Crippen LogP contribution in [0.15, 0.2) is 30.5 Å². The highest BCUT2D eigenvalue weighted by Crippen LogP contribution is 2.41. The van der Waals surface area contributed by atoms with Gasteiger partial charge in [0.05, 0.1) is 11.4 Å². The molecule has 0 spiro atoms. The summed E-state index contributed by atoms with van der Waals surface area (Å²) >= 11 is 0. The van der Waals surface area contributed by atoms with Crippen molar-refractivity contribution in [3.63, 3.8) is 0 Å². The minimum absolute atomic E-state index is 0.00800. The summed E-state index contributed by atoms with van der Waals surface area (Å²) in [5.41, 5.74) is 3.78. The molecule has 0 radical (unpaired) electrons. The number of aromatic nitrogens is 1. The van der Waals surface area contributed by atoms with Crippen LogP contribution in [-0.4, -0.2) is 58.9 Å². The van der Waals surface area contributed by atoms with Crippen LogP contribution in [-0.2, 0) is 11.2 Å². The van der Waals surface area contributed by atoms with E-state index in [1.54, 1.807) is 4.57 Å². The van der Waals surface area contributed by atoms with Gasteiger partial charge in [-0.1, -0.05) is 18.2 Å². The summed E-state index contributed by atoms with van der Waals surface area (Å²) in [6.07, 6.45) is 4.43. The zero-order chi connectivity index (χ0) is 24.3. The van der Waals surface area contributed by atoms with E-state index in [0.717, 1.165) is 32.5 Å². The van der Waals surface area contributed by atoms with Crippen molar-refractivity contribution in [1.82, 2.24) is 14.4 Å². The molecule has 0 unspecified atom stereocenters. The fourth-order valence-electron chi connectivity index (χ4n) is 4.42. The Morgan fingerprint density at radius 3 is 2.78 bits per heavy atom. The average molecular weight is 372 g/mol. The third-order valence-corrected chi connectivity index (χ3v) is 5.74. The molecule has 0 saturated carbocycles. The molecular formula is C22H27N3O2. The van der Waals surface area contributed by atoms with Gasteiger partial charge < -0.3 is 4.90 Å². The van der Waals surface area contributed by atoms with E-state index in [9.17, 15) is 9.59 Å². The SMILES string of the molecule is [2H]C([2H])([2H])CN(CC([2H])([2H])[2H])C(=O)[C@@H]1C=C2c3cccc4c3c(cn4C(C)=O)C[C@H]2N(C)C1. The fraction of sp³-hybridized carbons (Fsp3) is 0.455. The lowest BCUT2D eigenvalue weighted by atomic mass is 9.79. The van der Waals surface area contributed by atoms with Crippen LogP contribution in [0.3, 0.4) is 0 Å². The summed E-state index contributed by atoms with van der Waals surface area (Å²) in [6.45, 7) is -4.28. The molecule has 5 nitrogen and oxygen atoms in total. The van der Waals surface area contributed by atoms with Crippen molar-refractivity contribution >= 4 is 28.3 Å². The normalized spacial score (nSPS) is 25.9. The second-order valence-electron chi connectivity index (χ2n) is 7.33. The molecule has 5 heteroatoms. The van der Waals surface area contributed by atoms with Gasteiger partial charge >= 0.3 is 0 Å². The van der Waals surface area contributed by atoms with Gasteiger partial charge in [-0.25, -0.2) is 0 Å². The van der Waals surface area contributed by atoms with Gasteiger partial charge in [-0.15, -0.1) is 0 Å². The Morgan fingerprint density at radius 2 is 2.07 bits per heavy atom. The quantitative estimate of drug-likeness (QED) is 0.833. The van der Waals surface area contributed by atoms with Gasteiger partial charge in [0.2, 0.25) is 11.8 Å². The predicted octanol–water partition coefficient (Wildman–Crippen LogP) is 3.04. The third-order valence-electron chi connectivity index (χ3n) is 5.74. The molecule has 1 aliphatic carbocycles. The maximum atomic E-state index is 13.4. The molecule has 27 heavy (non-hydrogen) atoms. The Kier molecular flexibility index (Phi) is 2.99. The van der Waals surface area contributed by atoms with Crippen molar-refractivity contribution in [2.75, 3.05) is 26.7 Å². The van der Waals surface area contributed by atoms with Crippen LogP contribution in [0.4, 0.5) is 0 Å². The summed E-state index contributed by atoms with van der Waals surface area (Å²) < 4.78 is 47.0. The number of nitrogens with zero attached hydrogens (tertiary/aromatic N) is 3. The lowest BCUT2D eigenvalue weighted by Crippen LogP contribution is -2.47. The first kappa shape index (κ1) is 12.1. The smallest absolute Gasteiger partial charge is 0.230 e. The van der Waals surface area contributed by atoms with E-state index in [4.69, 9.17) is 8.22 Å². The van der Waals surface area contributed by atoms with Gasteiger partial charge in [0, 0.05) is 52.4 Å². The number of carbonyl (C=O) groups excluding carboxylic acids is 2. The number of hydrogen-bond donors (Lipinski definition) is 0. The number of likely N-dealkylation sites (N-methyl/N-ethyl adjacent to an activating group) is 1. The summed E-state index contributed by atoms with van der Waals surface area (Å²) in [7, 11) is 1.91. The first-order valence-corrected chi connectivity index (χ1v) is 9.10. The van der Waals surface area contributed by atoms with Crippen LogP contribution < -0.4 is 0 Å². The number of amides is 1. The van der Waals surface area contributed by atoms with Gasteiger partial charge in [-0.05, 0) is 49.9 Å². The molecule has 2 aromatic rings. The van der Waals surface area contributed by atoms with Crippen molar-refractivity contribution in [3.05, 3.63) is 41.6 Å². The van der Waals surface area contributed by atoms with Gasteiger partial charge in [-0.3, -0.25) is 19.1 Å². The first-order valence-electron chi connectivity index (χ1n) is 12.1. The summed E-state index contributed by atoms with van der Waals surface area (Å²) in [5, 5.41) is 0.985. The van der Waals surface area contributed by atoms with Crippen molar-refractivity contribution in [1.29, 1.82) is 0 Å². The topological polar surface area (TPSA) is 45.6 Å². The molecule has 0 N–H and O–H groups in total. The first-order chi connectivity index (χ1) is 15.2. The van der Waals surface area contributed by atoms with Gasteiger partial charge in [0.1, 0.15) is 0 Å². The van der Waals surface area contributed by atoms with Gasteiger partial charge in [0.15, 0.2) is 0 Å². The number of rotatable bonds is 3. The van der Waals surface area contributed by atoms with E-state index in [1.165, 1.54) is 6.92 Å². The molecule has 4 rings (SSSR count). The lowest BCUT2D eigenvalue weighted by Gasteiger charge is -2.40. The van der Waals surface area contributed by atoms with E-state index < -0.39 is 38.6 Å². The molecule has 2 atom stereocenters. The molecule has 1 aromatic heterocycles. The predicted molar refractivity (Wildman–Crippen MR) is 108 cm³/mol. The molecule has 0 fully saturated rings. The van der Waals surface area contributed by atoms with Crippen molar-refractivity contribution in [2.45, 2.75) is 33.1 Å². The monoisotopic (exact) mass is 371 g/mol. The molecule has 2 heterocycles. The Morgan fingerprint density at radius 1 is 1.30 bits per heavy atom. The Hall–Kier alpha value is -2.40. The third kappa shape index (κ3) is 2.72. The van der Waals surface area contributed by atoms with E-state index in [-0.39, 0.29) is 11.9 Å². The Bertz CT molecular complexity index is 1130. The summed E-state index contributed by atoms with van der Waals surface area (Å²) in [4.78, 5) is 28.5. The van der Waals surface area contributed by atoms with Gasteiger partial charge in [-0.2, -0.15) is 0 Å². The molecule has 0 saturated heterocycles. The molecule has 0 bridgehead atoms. The minimum atomic E-state index is -2.46. The van der Waals surface area contributed by atoms with Crippen molar-refractivity contribution in [2.24, 2.45) is 5.92 Å². The fourth-order valence-corrected chi connectivity index (χ4v) is 4.42. The van der Waals surface area contributed by atoms with Gasteiger partial charge in [0.25, 0.3) is 0 Å². The van der Waals surface area contributed by atoms with Crippen molar-refractivity contribution < 1.29 is 17.8 Å². The highest BCUT2D eigenvalue weighted by atomic mass is 16.2. The maximum Gasteiger partial charge on any atom is 0.230 e. The average Bonchev–Trinajstić information content (AvgIpc) is 3.06. The largest absolute Gasteiger partial charge is 0.343 e. The lowest BCUT2D eigenvalue weighted by molar-refractivity contribution is -0.134. The standard InChI is InChI=1S/C22H27N3O2/c1-5-24(6-2)22(27)16-10-18-17-8-7-9-19-21(17)15(13-25(19)14(3)26)11-20(18)23(4)12-16/h7-10,13,16,20H,5-6,11-12H2,1-4H3/t16-,20-/m1/s1/i1D3,2D3. The zero-order valence-electron chi connectivity index (χ0n) is 21.5. The second-order valence-corrected chi connectivity index (χ2v) is 7.33. The molecule has 1 aliphatic heterocycles. The molecule has 142 valence electrons. The number of hydrogen-bond acceptors (Lipinski definition) is 3. The van der Waals surface area contributed by atoms with Crippen molar-refractivity contribution in [3.8, 4) is 0 Å². The van der Waals surface area contributed by atoms with Crippen LogP contribution in [0, 0.1) is 5.92 Å². The van der Waals surface area contributed by atoms with E-state index in [0.29, 0.717) is 13.0 Å². The van der Waals surface area contributed by atoms with Crippen LogP contribution >= 0.6 is 0 Å². The van der Waals surface area contributed by atoms with E-state index in [1.807, 2.05) is 42.4 Å².